The molecule has 1 N–H and O–H groups in total. The number of nitrogens with one attached hydrogen (secondary N) is 1. The van der Waals surface area contributed by atoms with Crippen LogP contribution in [-0.2, 0) is 19.5 Å². The van der Waals surface area contributed by atoms with Crippen molar-refractivity contribution in [1.82, 2.24) is 24.8 Å². The first-order valence-corrected chi connectivity index (χ1v) is 10.2. The van der Waals surface area contributed by atoms with E-state index < -0.39 is 0 Å². The van der Waals surface area contributed by atoms with Gasteiger partial charge in [0.2, 0.25) is 0 Å². The van der Waals surface area contributed by atoms with Gasteiger partial charge in [0.15, 0.2) is 5.82 Å². The monoisotopic (exact) mass is 381 g/mol. The van der Waals surface area contributed by atoms with Crippen molar-refractivity contribution in [2.75, 3.05) is 13.1 Å². The molecule has 28 heavy (non-hydrogen) atoms. The Bertz CT molecular complexity index is 861. The van der Waals surface area contributed by atoms with Crippen LogP contribution in [0.15, 0.2) is 24.5 Å². The molecule has 4 rings (SSSR count). The number of pyridine rings is 1. The van der Waals surface area contributed by atoms with E-state index >= 15 is 0 Å². The molecule has 0 aromatic carbocycles. The van der Waals surface area contributed by atoms with Gasteiger partial charge in [-0.1, -0.05) is 13.0 Å². The van der Waals surface area contributed by atoms with E-state index in [9.17, 15) is 9.59 Å². The molecule has 2 aliphatic heterocycles. The first-order valence-electron chi connectivity index (χ1n) is 10.2. The van der Waals surface area contributed by atoms with E-state index in [4.69, 9.17) is 0 Å². The molecule has 2 aromatic heterocycles. The minimum atomic E-state index is -0.222. The van der Waals surface area contributed by atoms with Gasteiger partial charge in [0, 0.05) is 38.6 Å². The number of rotatable bonds is 4. The Balaban J connectivity index is 1.56. The highest BCUT2D eigenvalue weighted by atomic mass is 16.2. The second-order valence-corrected chi connectivity index (χ2v) is 7.88. The fourth-order valence-corrected chi connectivity index (χ4v) is 4.17. The maximum absolute atomic E-state index is 13.1. The van der Waals surface area contributed by atoms with Crippen LogP contribution < -0.4 is 5.32 Å². The van der Waals surface area contributed by atoms with Gasteiger partial charge in [-0.15, -0.1) is 0 Å². The maximum Gasteiger partial charge on any atom is 0.289 e. The van der Waals surface area contributed by atoms with Crippen molar-refractivity contribution in [2.45, 2.75) is 52.1 Å². The Morgan fingerprint density at radius 3 is 2.93 bits per heavy atom. The molecule has 2 amide bonds. The molecule has 4 heterocycles. The summed E-state index contributed by atoms with van der Waals surface area (Å²) in [6, 6.07) is 3.76. The Kier molecular flexibility index (Phi) is 5.41. The highest BCUT2D eigenvalue weighted by Gasteiger charge is 2.31. The third-order valence-corrected chi connectivity index (χ3v) is 5.64. The van der Waals surface area contributed by atoms with Gasteiger partial charge in [0.05, 0.1) is 5.69 Å². The summed E-state index contributed by atoms with van der Waals surface area (Å²) < 4.78 is 1.98. The van der Waals surface area contributed by atoms with Crippen molar-refractivity contribution >= 4 is 11.8 Å². The minimum absolute atomic E-state index is 0.0407. The second kappa shape index (κ2) is 8.12. The number of piperidine rings is 1. The molecule has 148 valence electrons. The molecule has 2 aromatic rings. The Morgan fingerprint density at radius 2 is 2.14 bits per heavy atom. The molecular weight excluding hydrogens is 354 g/mol. The van der Waals surface area contributed by atoms with Gasteiger partial charge >= 0.3 is 0 Å². The van der Waals surface area contributed by atoms with Crippen LogP contribution in [0.3, 0.4) is 0 Å². The van der Waals surface area contributed by atoms with E-state index in [0.717, 1.165) is 63.0 Å². The number of carbonyl (C=O) groups is 2. The lowest BCUT2D eigenvalue weighted by Gasteiger charge is -2.31. The standard InChI is InChI=1S/C21H27N5O2/c1-15-6-5-10-25(14-15)21(28)19-24-18(17-8-2-3-11-26(17)19)20(27)23-13-16-7-4-9-22-12-16/h4,7,9,12,15H,2-3,5-6,8,10-11,13-14H2,1H3,(H,23,27). The zero-order valence-electron chi connectivity index (χ0n) is 16.4. The van der Waals surface area contributed by atoms with Gasteiger partial charge in [0.1, 0.15) is 5.69 Å². The predicted octanol–water partition coefficient (Wildman–Crippen LogP) is 2.42. The number of hydrogen-bond donors (Lipinski definition) is 1. The van der Waals surface area contributed by atoms with Gasteiger partial charge in [-0.2, -0.15) is 0 Å². The number of aromatic nitrogens is 3. The molecular formula is C21H27N5O2. The number of likely N-dealkylation sites (tertiary alicyclic amines) is 1. The fraction of sp³-hybridized carbons (Fsp3) is 0.524. The number of nitrogens with zero attached hydrogens (tertiary/aromatic N) is 4. The summed E-state index contributed by atoms with van der Waals surface area (Å²) >= 11 is 0. The number of imidazole rings is 1. The Morgan fingerprint density at radius 1 is 1.25 bits per heavy atom. The highest BCUT2D eigenvalue weighted by Crippen LogP contribution is 2.24. The quantitative estimate of drug-likeness (QED) is 0.882. The van der Waals surface area contributed by atoms with Crippen molar-refractivity contribution in [3.63, 3.8) is 0 Å². The molecule has 0 bridgehead atoms. The number of carbonyl (C=O) groups excluding carboxylic acids is 2. The van der Waals surface area contributed by atoms with Crippen molar-refractivity contribution in [3.05, 3.63) is 47.3 Å². The van der Waals surface area contributed by atoms with Gasteiger partial charge in [-0.3, -0.25) is 14.6 Å². The van der Waals surface area contributed by atoms with E-state index in [0.29, 0.717) is 24.0 Å². The van der Waals surface area contributed by atoms with Crippen LogP contribution >= 0.6 is 0 Å². The van der Waals surface area contributed by atoms with Crippen LogP contribution in [0.1, 0.15) is 65.0 Å². The summed E-state index contributed by atoms with van der Waals surface area (Å²) in [5.74, 6) is 0.674. The van der Waals surface area contributed by atoms with Crippen LogP contribution in [0, 0.1) is 5.92 Å². The molecule has 0 saturated carbocycles. The summed E-state index contributed by atoms with van der Waals surface area (Å²) in [6.07, 6.45) is 8.43. The van der Waals surface area contributed by atoms with Crippen LogP contribution in [0.25, 0.3) is 0 Å². The average molecular weight is 381 g/mol. The lowest BCUT2D eigenvalue weighted by atomic mass is 10.0. The molecule has 7 heteroatoms. The molecule has 2 aliphatic rings. The van der Waals surface area contributed by atoms with E-state index in [1.165, 1.54) is 0 Å². The van der Waals surface area contributed by atoms with E-state index in [1.807, 2.05) is 21.6 Å². The number of fused-ring (bicyclic) bond motifs is 1. The van der Waals surface area contributed by atoms with Crippen molar-refractivity contribution in [1.29, 1.82) is 0 Å². The van der Waals surface area contributed by atoms with Gasteiger partial charge in [-0.05, 0) is 49.7 Å². The van der Waals surface area contributed by atoms with Gasteiger partial charge < -0.3 is 14.8 Å². The maximum atomic E-state index is 13.1. The normalized spacial score (nSPS) is 19.2. The van der Waals surface area contributed by atoms with Crippen LogP contribution in [-0.4, -0.2) is 44.3 Å². The molecule has 1 fully saturated rings. The lowest BCUT2D eigenvalue weighted by molar-refractivity contribution is 0.0664. The minimum Gasteiger partial charge on any atom is -0.347 e. The summed E-state index contributed by atoms with van der Waals surface area (Å²) in [5.41, 5.74) is 2.22. The predicted molar refractivity (Wildman–Crippen MR) is 105 cm³/mol. The Hall–Kier alpha value is -2.70. The van der Waals surface area contributed by atoms with Crippen LogP contribution in [0.2, 0.25) is 0 Å². The zero-order chi connectivity index (χ0) is 19.5. The Labute approximate surface area is 165 Å². The SMILES string of the molecule is CC1CCCN(C(=O)c2nc(C(=O)NCc3cccnc3)c3n2CCCC3)C1. The summed E-state index contributed by atoms with van der Waals surface area (Å²) in [4.78, 5) is 36.5. The third kappa shape index (κ3) is 3.79. The van der Waals surface area contributed by atoms with Crippen LogP contribution in [0.4, 0.5) is 0 Å². The van der Waals surface area contributed by atoms with E-state index in [-0.39, 0.29) is 11.8 Å². The molecule has 0 radical (unpaired) electrons. The van der Waals surface area contributed by atoms with Crippen molar-refractivity contribution in [3.8, 4) is 0 Å². The third-order valence-electron chi connectivity index (χ3n) is 5.64. The van der Waals surface area contributed by atoms with E-state index in [2.05, 4.69) is 22.2 Å². The first-order chi connectivity index (χ1) is 13.6. The summed E-state index contributed by atoms with van der Waals surface area (Å²) in [5, 5.41) is 2.92. The molecule has 1 atom stereocenters. The smallest absolute Gasteiger partial charge is 0.289 e. The molecule has 1 saturated heterocycles. The van der Waals surface area contributed by atoms with E-state index in [1.54, 1.807) is 12.4 Å². The largest absolute Gasteiger partial charge is 0.347 e. The first kappa shape index (κ1) is 18.7. The van der Waals surface area contributed by atoms with Crippen molar-refractivity contribution < 1.29 is 9.59 Å². The van der Waals surface area contributed by atoms with Gasteiger partial charge in [-0.25, -0.2) is 4.98 Å². The zero-order valence-corrected chi connectivity index (χ0v) is 16.4. The van der Waals surface area contributed by atoms with Crippen LogP contribution in [0.5, 0.6) is 0 Å². The lowest BCUT2D eigenvalue weighted by Crippen LogP contribution is -2.40. The van der Waals surface area contributed by atoms with Gasteiger partial charge in [0.25, 0.3) is 11.8 Å². The average Bonchev–Trinajstić information content (AvgIpc) is 3.12. The second-order valence-electron chi connectivity index (χ2n) is 7.88. The highest BCUT2D eigenvalue weighted by molar-refractivity contribution is 5.97. The topological polar surface area (TPSA) is 80.1 Å². The summed E-state index contributed by atoms with van der Waals surface area (Å²) in [6.45, 7) is 4.86. The summed E-state index contributed by atoms with van der Waals surface area (Å²) in [7, 11) is 0. The number of hydrogen-bond acceptors (Lipinski definition) is 4. The molecule has 1 unspecified atom stereocenters. The molecule has 0 aliphatic carbocycles. The molecule has 7 nitrogen and oxygen atoms in total. The van der Waals surface area contributed by atoms with Crippen molar-refractivity contribution in [2.24, 2.45) is 5.92 Å². The molecule has 0 spiro atoms. The number of amides is 2. The fourth-order valence-electron chi connectivity index (χ4n) is 4.17.